The largest absolute Gasteiger partial charge is 0.488 e. The van der Waals surface area contributed by atoms with Crippen molar-refractivity contribution in [1.29, 1.82) is 0 Å². The summed E-state index contributed by atoms with van der Waals surface area (Å²) in [6.07, 6.45) is 0.906. The van der Waals surface area contributed by atoms with Gasteiger partial charge in [-0.1, -0.05) is 19.1 Å². The molecule has 0 bridgehead atoms. The molecule has 0 amide bonds. The molecule has 0 aliphatic carbocycles. The van der Waals surface area contributed by atoms with E-state index in [4.69, 9.17) is 4.74 Å². The summed E-state index contributed by atoms with van der Waals surface area (Å²) in [5.74, 6) is 0.0364. The van der Waals surface area contributed by atoms with Crippen LogP contribution in [0.25, 0.3) is 0 Å². The Morgan fingerprint density at radius 1 is 1.40 bits per heavy atom. The van der Waals surface area contributed by atoms with Gasteiger partial charge in [-0.3, -0.25) is 0 Å². The molecule has 1 N–H and O–H groups in total. The maximum atomic E-state index is 13.2. The molecule has 1 rings (SSSR count). The maximum Gasteiger partial charge on any atom is 0.165 e. The third-order valence-electron chi connectivity index (χ3n) is 2.14. The Balaban J connectivity index is 2.37. The van der Waals surface area contributed by atoms with E-state index in [0.717, 1.165) is 19.5 Å². The summed E-state index contributed by atoms with van der Waals surface area (Å²) in [7, 11) is 0. The lowest BCUT2D eigenvalue weighted by Crippen LogP contribution is -2.22. The van der Waals surface area contributed by atoms with Crippen LogP contribution in [0.3, 0.4) is 0 Å². The first-order chi connectivity index (χ1) is 7.24. The lowest BCUT2D eigenvalue weighted by Gasteiger charge is -2.15. The van der Waals surface area contributed by atoms with Crippen LogP contribution in [0.15, 0.2) is 24.3 Å². The molecule has 0 saturated heterocycles. The van der Waals surface area contributed by atoms with Crippen LogP contribution in [0.1, 0.15) is 20.3 Å². The zero-order chi connectivity index (χ0) is 11.1. The van der Waals surface area contributed by atoms with Gasteiger partial charge >= 0.3 is 0 Å². The predicted octanol–water partition coefficient (Wildman–Crippen LogP) is 2.59. The van der Waals surface area contributed by atoms with Crippen molar-refractivity contribution in [3.05, 3.63) is 30.1 Å². The molecule has 0 saturated carbocycles. The highest BCUT2D eigenvalue weighted by Crippen LogP contribution is 2.17. The monoisotopic (exact) mass is 211 g/mol. The molecule has 1 aromatic rings. The second-order valence-corrected chi connectivity index (χ2v) is 3.50. The molecule has 3 heteroatoms. The summed E-state index contributed by atoms with van der Waals surface area (Å²) in [5.41, 5.74) is 0. The number of hydrogen-bond acceptors (Lipinski definition) is 2. The minimum absolute atomic E-state index is 0.0287. The molecule has 1 unspecified atom stereocenters. The molecule has 0 radical (unpaired) electrons. The van der Waals surface area contributed by atoms with Crippen molar-refractivity contribution in [1.82, 2.24) is 5.32 Å². The van der Waals surface area contributed by atoms with E-state index in [1.54, 1.807) is 18.2 Å². The van der Waals surface area contributed by atoms with Crippen LogP contribution in [0.5, 0.6) is 5.75 Å². The van der Waals surface area contributed by atoms with Crippen LogP contribution in [-0.2, 0) is 0 Å². The van der Waals surface area contributed by atoms with Crippen LogP contribution in [0, 0.1) is 5.82 Å². The molecule has 84 valence electrons. The highest BCUT2D eigenvalue weighted by atomic mass is 19.1. The molecule has 0 spiro atoms. The zero-order valence-corrected chi connectivity index (χ0v) is 9.29. The lowest BCUT2D eigenvalue weighted by atomic mass is 10.2. The Morgan fingerprint density at radius 3 is 2.80 bits per heavy atom. The number of benzene rings is 1. The van der Waals surface area contributed by atoms with Gasteiger partial charge in [-0.15, -0.1) is 0 Å². The average molecular weight is 211 g/mol. The Labute approximate surface area is 90.4 Å². The molecule has 15 heavy (non-hydrogen) atoms. The van der Waals surface area contributed by atoms with E-state index in [9.17, 15) is 4.39 Å². The summed E-state index contributed by atoms with van der Waals surface area (Å²) in [6.45, 7) is 5.85. The van der Waals surface area contributed by atoms with Crippen molar-refractivity contribution in [3.63, 3.8) is 0 Å². The van der Waals surface area contributed by atoms with E-state index >= 15 is 0 Å². The Bertz CT molecular complexity index is 291. The third kappa shape index (κ3) is 4.30. The van der Waals surface area contributed by atoms with Crippen LogP contribution in [0.4, 0.5) is 4.39 Å². The molecule has 0 aliphatic heterocycles. The van der Waals surface area contributed by atoms with Gasteiger partial charge in [0.2, 0.25) is 0 Å². The molecule has 2 nitrogen and oxygen atoms in total. The first-order valence-corrected chi connectivity index (χ1v) is 5.36. The minimum Gasteiger partial charge on any atom is -0.488 e. The number of nitrogens with one attached hydrogen (secondary N) is 1. The molecule has 0 heterocycles. The molecule has 0 fully saturated rings. The summed E-state index contributed by atoms with van der Waals surface area (Å²) in [4.78, 5) is 0. The molecule has 1 atom stereocenters. The lowest BCUT2D eigenvalue weighted by molar-refractivity contribution is 0.201. The second-order valence-electron chi connectivity index (χ2n) is 3.50. The SMILES string of the molecule is CCNCCC(C)Oc1ccccc1F. The van der Waals surface area contributed by atoms with Crippen LogP contribution >= 0.6 is 0 Å². The van der Waals surface area contributed by atoms with Gasteiger partial charge in [0.15, 0.2) is 11.6 Å². The van der Waals surface area contributed by atoms with Crippen molar-refractivity contribution in [3.8, 4) is 5.75 Å². The molecular weight excluding hydrogens is 193 g/mol. The van der Waals surface area contributed by atoms with Crippen molar-refractivity contribution >= 4 is 0 Å². The van der Waals surface area contributed by atoms with Gasteiger partial charge in [-0.25, -0.2) is 4.39 Å². The van der Waals surface area contributed by atoms with E-state index in [1.165, 1.54) is 6.07 Å². The molecule has 0 aliphatic rings. The van der Waals surface area contributed by atoms with Crippen LogP contribution in [-0.4, -0.2) is 19.2 Å². The minimum atomic E-state index is -0.298. The van der Waals surface area contributed by atoms with E-state index in [0.29, 0.717) is 5.75 Å². The topological polar surface area (TPSA) is 21.3 Å². The summed E-state index contributed by atoms with van der Waals surface area (Å²) >= 11 is 0. The van der Waals surface area contributed by atoms with Gasteiger partial charge in [-0.05, 0) is 38.6 Å². The van der Waals surface area contributed by atoms with E-state index < -0.39 is 0 Å². The normalized spacial score (nSPS) is 12.5. The van der Waals surface area contributed by atoms with Gasteiger partial charge in [0.1, 0.15) is 0 Å². The summed E-state index contributed by atoms with van der Waals surface area (Å²) in [6, 6.07) is 6.49. The fourth-order valence-electron chi connectivity index (χ4n) is 1.30. The second kappa shape index (κ2) is 6.40. The number of hydrogen-bond donors (Lipinski definition) is 1. The smallest absolute Gasteiger partial charge is 0.165 e. The van der Waals surface area contributed by atoms with Crippen molar-refractivity contribution in [2.45, 2.75) is 26.4 Å². The summed E-state index contributed by atoms with van der Waals surface area (Å²) < 4.78 is 18.7. The first kappa shape index (κ1) is 12.0. The third-order valence-corrected chi connectivity index (χ3v) is 2.14. The van der Waals surface area contributed by atoms with Gasteiger partial charge < -0.3 is 10.1 Å². The Hall–Kier alpha value is -1.09. The molecule has 1 aromatic carbocycles. The summed E-state index contributed by atoms with van der Waals surface area (Å²) in [5, 5.41) is 3.21. The first-order valence-electron chi connectivity index (χ1n) is 5.36. The van der Waals surface area contributed by atoms with E-state index in [2.05, 4.69) is 12.2 Å². The van der Waals surface area contributed by atoms with E-state index in [-0.39, 0.29) is 11.9 Å². The fraction of sp³-hybridized carbons (Fsp3) is 0.500. The van der Waals surface area contributed by atoms with Gasteiger partial charge in [-0.2, -0.15) is 0 Å². The van der Waals surface area contributed by atoms with Crippen molar-refractivity contribution in [2.24, 2.45) is 0 Å². The number of ether oxygens (including phenoxy) is 1. The highest BCUT2D eigenvalue weighted by molar-refractivity contribution is 5.23. The Morgan fingerprint density at radius 2 is 2.13 bits per heavy atom. The maximum absolute atomic E-state index is 13.2. The van der Waals surface area contributed by atoms with E-state index in [1.807, 2.05) is 6.92 Å². The Kier molecular flexibility index (Phi) is 5.12. The molecule has 0 aromatic heterocycles. The van der Waals surface area contributed by atoms with Crippen molar-refractivity contribution < 1.29 is 9.13 Å². The predicted molar refractivity (Wildman–Crippen MR) is 59.7 cm³/mol. The standard InChI is InChI=1S/C12H18FNO/c1-3-14-9-8-10(2)15-12-7-5-4-6-11(12)13/h4-7,10,14H,3,8-9H2,1-2H3. The van der Waals surface area contributed by atoms with Crippen molar-refractivity contribution in [2.75, 3.05) is 13.1 Å². The fourth-order valence-corrected chi connectivity index (χ4v) is 1.30. The van der Waals surface area contributed by atoms with Gasteiger partial charge in [0.25, 0.3) is 0 Å². The van der Waals surface area contributed by atoms with Crippen LogP contribution in [0.2, 0.25) is 0 Å². The van der Waals surface area contributed by atoms with Gasteiger partial charge in [0.05, 0.1) is 6.10 Å². The zero-order valence-electron chi connectivity index (χ0n) is 9.29. The number of para-hydroxylation sites is 1. The highest BCUT2D eigenvalue weighted by Gasteiger charge is 2.06. The number of halogens is 1. The van der Waals surface area contributed by atoms with Crippen LogP contribution < -0.4 is 10.1 Å². The quantitative estimate of drug-likeness (QED) is 0.730. The average Bonchev–Trinajstić information content (AvgIpc) is 2.22. The molecular formula is C12H18FNO. The van der Waals surface area contributed by atoms with Gasteiger partial charge in [0, 0.05) is 0 Å². The number of rotatable bonds is 6.